The van der Waals surface area contributed by atoms with Crippen LogP contribution >= 0.6 is 0 Å². The fraction of sp³-hybridized carbons (Fsp3) is 1.00. The molecule has 0 bridgehead atoms. The summed E-state index contributed by atoms with van der Waals surface area (Å²) in [7, 11) is 0. The van der Waals surface area contributed by atoms with E-state index in [1.165, 1.54) is 19.3 Å². The van der Waals surface area contributed by atoms with Crippen molar-refractivity contribution >= 4 is 0 Å². The highest BCUT2D eigenvalue weighted by molar-refractivity contribution is 4.64. The SMILES string of the molecule is CCCCCCC(CO)NCCO.O. The fourth-order valence-electron chi connectivity index (χ4n) is 1.34. The first-order chi connectivity index (χ1) is 6.35. The molecule has 0 heterocycles. The molecular weight excluding hydrogens is 182 g/mol. The molecule has 0 aromatic rings. The van der Waals surface area contributed by atoms with E-state index < -0.39 is 0 Å². The Hall–Kier alpha value is -0.160. The van der Waals surface area contributed by atoms with Gasteiger partial charge in [0.1, 0.15) is 0 Å². The van der Waals surface area contributed by atoms with Gasteiger partial charge in [0.25, 0.3) is 0 Å². The Labute approximate surface area is 86.6 Å². The van der Waals surface area contributed by atoms with Crippen molar-refractivity contribution in [3.63, 3.8) is 0 Å². The molecule has 1 atom stereocenters. The van der Waals surface area contributed by atoms with E-state index in [9.17, 15) is 0 Å². The molecule has 0 aliphatic rings. The summed E-state index contributed by atoms with van der Waals surface area (Å²) in [4.78, 5) is 0. The van der Waals surface area contributed by atoms with Crippen molar-refractivity contribution in [1.82, 2.24) is 5.32 Å². The summed E-state index contributed by atoms with van der Waals surface area (Å²) in [6.45, 7) is 3.09. The van der Waals surface area contributed by atoms with E-state index in [2.05, 4.69) is 12.2 Å². The lowest BCUT2D eigenvalue weighted by atomic mass is 10.1. The highest BCUT2D eigenvalue weighted by Gasteiger charge is 2.04. The smallest absolute Gasteiger partial charge is 0.0584 e. The van der Waals surface area contributed by atoms with Crippen LogP contribution in [0.2, 0.25) is 0 Å². The molecule has 14 heavy (non-hydrogen) atoms. The van der Waals surface area contributed by atoms with Gasteiger partial charge in [-0.25, -0.2) is 0 Å². The topological polar surface area (TPSA) is 84.0 Å². The first kappa shape index (κ1) is 16.3. The number of aliphatic hydroxyl groups excluding tert-OH is 2. The van der Waals surface area contributed by atoms with Gasteiger partial charge in [-0.15, -0.1) is 0 Å². The van der Waals surface area contributed by atoms with Crippen LogP contribution in [0.1, 0.15) is 39.0 Å². The van der Waals surface area contributed by atoms with Crippen molar-refractivity contribution in [3.8, 4) is 0 Å². The van der Waals surface area contributed by atoms with Crippen LogP contribution in [-0.2, 0) is 0 Å². The van der Waals surface area contributed by atoms with Crippen LogP contribution in [0.5, 0.6) is 0 Å². The second-order valence-corrected chi connectivity index (χ2v) is 3.41. The molecule has 0 saturated carbocycles. The Morgan fingerprint density at radius 1 is 1.14 bits per heavy atom. The maximum Gasteiger partial charge on any atom is 0.0584 e. The lowest BCUT2D eigenvalue weighted by Crippen LogP contribution is -2.34. The van der Waals surface area contributed by atoms with Crippen LogP contribution in [0.25, 0.3) is 0 Å². The average molecular weight is 207 g/mol. The van der Waals surface area contributed by atoms with Gasteiger partial charge in [0, 0.05) is 12.6 Å². The predicted octanol–water partition coefficient (Wildman–Crippen LogP) is 0.0749. The number of aliphatic hydroxyl groups is 2. The molecule has 0 aliphatic carbocycles. The first-order valence-electron chi connectivity index (χ1n) is 5.30. The zero-order valence-electron chi connectivity index (χ0n) is 9.13. The van der Waals surface area contributed by atoms with E-state index in [1.54, 1.807) is 0 Å². The minimum Gasteiger partial charge on any atom is -0.412 e. The molecule has 88 valence electrons. The van der Waals surface area contributed by atoms with Crippen molar-refractivity contribution in [3.05, 3.63) is 0 Å². The van der Waals surface area contributed by atoms with Gasteiger partial charge in [-0.05, 0) is 6.42 Å². The van der Waals surface area contributed by atoms with E-state index in [0.29, 0.717) is 6.54 Å². The lowest BCUT2D eigenvalue weighted by molar-refractivity contribution is 0.217. The minimum absolute atomic E-state index is 0. The molecule has 4 nitrogen and oxygen atoms in total. The standard InChI is InChI=1S/C10H23NO2.H2O/c1-2-3-4-5-6-10(9-13)11-7-8-12;/h10-13H,2-9H2,1H3;1H2. The van der Waals surface area contributed by atoms with E-state index in [0.717, 1.165) is 12.8 Å². The predicted molar refractivity (Wildman–Crippen MR) is 58.3 cm³/mol. The van der Waals surface area contributed by atoms with E-state index in [-0.39, 0.29) is 24.7 Å². The van der Waals surface area contributed by atoms with Crippen LogP contribution in [0.15, 0.2) is 0 Å². The molecule has 0 fully saturated rings. The van der Waals surface area contributed by atoms with Crippen LogP contribution in [0.3, 0.4) is 0 Å². The van der Waals surface area contributed by atoms with Gasteiger partial charge in [0.2, 0.25) is 0 Å². The second-order valence-electron chi connectivity index (χ2n) is 3.41. The molecular formula is C10H25NO3. The first-order valence-corrected chi connectivity index (χ1v) is 5.30. The van der Waals surface area contributed by atoms with Crippen LogP contribution in [0.4, 0.5) is 0 Å². The molecule has 5 N–H and O–H groups in total. The molecule has 4 heteroatoms. The van der Waals surface area contributed by atoms with Crippen molar-refractivity contribution in [1.29, 1.82) is 0 Å². The lowest BCUT2D eigenvalue weighted by Gasteiger charge is -2.14. The largest absolute Gasteiger partial charge is 0.412 e. The molecule has 0 saturated heterocycles. The maximum atomic E-state index is 8.97. The molecule has 1 unspecified atom stereocenters. The van der Waals surface area contributed by atoms with E-state index >= 15 is 0 Å². The summed E-state index contributed by atoms with van der Waals surface area (Å²) in [5.41, 5.74) is 0. The maximum absolute atomic E-state index is 8.97. The third-order valence-electron chi connectivity index (χ3n) is 2.17. The Kier molecular flexibility index (Phi) is 14.9. The molecule has 0 aromatic carbocycles. The Morgan fingerprint density at radius 2 is 1.86 bits per heavy atom. The Balaban J connectivity index is 0. The number of hydrogen-bond acceptors (Lipinski definition) is 3. The van der Waals surface area contributed by atoms with E-state index in [4.69, 9.17) is 10.2 Å². The third kappa shape index (κ3) is 9.92. The van der Waals surface area contributed by atoms with Crippen LogP contribution in [0, 0.1) is 0 Å². The van der Waals surface area contributed by atoms with E-state index in [1.807, 2.05) is 0 Å². The zero-order chi connectivity index (χ0) is 9.94. The zero-order valence-corrected chi connectivity index (χ0v) is 9.13. The van der Waals surface area contributed by atoms with Crippen LogP contribution < -0.4 is 5.32 Å². The van der Waals surface area contributed by atoms with Crippen molar-refractivity contribution in [2.45, 2.75) is 45.1 Å². The van der Waals surface area contributed by atoms with Gasteiger partial charge in [0.15, 0.2) is 0 Å². The second kappa shape index (κ2) is 12.8. The summed E-state index contributed by atoms with van der Waals surface area (Å²) < 4.78 is 0. The van der Waals surface area contributed by atoms with Crippen molar-refractivity contribution < 1.29 is 15.7 Å². The van der Waals surface area contributed by atoms with Gasteiger partial charge in [-0.3, -0.25) is 0 Å². The summed E-state index contributed by atoms with van der Waals surface area (Å²) >= 11 is 0. The van der Waals surface area contributed by atoms with Crippen molar-refractivity contribution in [2.75, 3.05) is 19.8 Å². The fourth-order valence-corrected chi connectivity index (χ4v) is 1.34. The normalized spacial score (nSPS) is 12.2. The molecule has 0 aliphatic heterocycles. The molecule has 0 radical (unpaired) electrons. The number of unbranched alkanes of at least 4 members (excludes halogenated alkanes) is 3. The average Bonchev–Trinajstić information content (AvgIpc) is 2.17. The van der Waals surface area contributed by atoms with Gasteiger partial charge < -0.3 is 21.0 Å². The van der Waals surface area contributed by atoms with Crippen LogP contribution in [-0.4, -0.2) is 41.5 Å². The van der Waals surface area contributed by atoms with Gasteiger partial charge in [0.05, 0.1) is 13.2 Å². The summed E-state index contributed by atoms with van der Waals surface area (Å²) in [5.74, 6) is 0. The molecule has 0 amide bonds. The number of rotatable bonds is 9. The summed E-state index contributed by atoms with van der Waals surface area (Å²) in [5, 5.41) is 20.6. The monoisotopic (exact) mass is 207 g/mol. The van der Waals surface area contributed by atoms with Gasteiger partial charge >= 0.3 is 0 Å². The quantitative estimate of drug-likeness (QED) is 0.468. The number of nitrogens with one attached hydrogen (secondary N) is 1. The van der Waals surface area contributed by atoms with Gasteiger partial charge in [-0.1, -0.05) is 32.6 Å². The minimum atomic E-state index is 0. The summed E-state index contributed by atoms with van der Waals surface area (Å²) in [6.07, 6.45) is 5.94. The van der Waals surface area contributed by atoms with Crippen molar-refractivity contribution in [2.24, 2.45) is 0 Å². The molecule has 0 rings (SSSR count). The third-order valence-corrected chi connectivity index (χ3v) is 2.17. The number of hydrogen-bond donors (Lipinski definition) is 3. The molecule has 0 aromatic heterocycles. The Morgan fingerprint density at radius 3 is 2.36 bits per heavy atom. The molecule has 0 spiro atoms. The Bertz CT molecular complexity index is 101. The summed E-state index contributed by atoms with van der Waals surface area (Å²) in [6, 6.07) is 0.170. The van der Waals surface area contributed by atoms with Gasteiger partial charge in [-0.2, -0.15) is 0 Å². The highest BCUT2D eigenvalue weighted by Crippen LogP contribution is 2.04. The highest BCUT2D eigenvalue weighted by atomic mass is 16.3.